The molecule has 2 unspecified atom stereocenters. The number of allylic oxidation sites excluding steroid dienone is 2. The van der Waals surface area contributed by atoms with E-state index in [9.17, 15) is 0 Å². The van der Waals surface area contributed by atoms with Crippen LogP contribution in [-0.4, -0.2) is 0 Å². The normalized spacial score (nSPS) is 17.8. The first-order chi connectivity index (χ1) is 22.6. The maximum atomic E-state index is 7.81. The van der Waals surface area contributed by atoms with Crippen molar-refractivity contribution in [1.29, 1.82) is 0 Å². The van der Waals surface area contributed by atoms with Crippen LogP contribution in [0, 0.1) is 0 Å². The molecule has 256 valence electrons. The van der Waals surface area contributed by atoms with Crippen LogP contribution in [-0.2, 0) is 39.5 Å². The van der Waals surface area contributed by atoms with E-state index in [1.54, 1.807) is 0 Å². The Kier molecular flexibility index (Phi) is 9.34. The Bertz CT molecular complexity index is 1770. The fraction of sp³-hybridized carbons (Fsp3) is 0.391. The van der Waals surface area contributed by atoms with Gasteiger partial charge in [-0.05, 0) is 0 Å². The van der Waals surface area contributed by atoms with Crippen LogP contribution < -0.4 is 0 Å². The van der Waals surface area contributed by atoms with Crippen LogP contribution >= 0.6 is 17.0 Å². The third-order valence-electron chi connectivity index (χ3n) is 10.6. The minimum atomic E-state index is -3.96. The van der Waals surface area contributed by atoms with Gasteiger partial charge in [0.25, 0.3) is 0 Å². The molecule has 0 N–H and O–H groups in total. The molecule has 2 atom stereocenters. The van der Waals surface area contributed by atoms with Gasteiger partial charge in [-0.3, -0.25) is 0 Å². The van der Waals surface area contributed by atoms with Crippen LogP contribution in [0.5, 0.6) is 0 Å². The van der Waals surface area contributed by atoms with E-state index in [1.807, 2.05) is 0 Å². The van der Waals surface area contributed by atoms with Crippen molar-refractivity contribution in [2.75, 3.05) is 0 Å². The second kappa shape index (κ2) is 12.5. The number of hydrogen-bond acceptors (Lipinski definition) is 0. The summed E-state index contributed by atoms with van der Waals surface area (Å²) in [7, 11) is 15.6. The van der Waals surface area contributed by atoms with Gasteiger partial charge in [-0.15, -0.1) is 0 Å². The van der Waals surface area contributed by atoms with E-state index in [2.05, 4.69) is 180 Å². The Morgan fingerprint density at radius 2 is 0.755 bits per heavy atom. The van der Waals surface area contributed by atoms with E-state index in [-0.39, 0.29) is 28.9 Å². The molecule has 6 rings (SSSR count). The summed E-state index contributed by atoms with van der Waals surface area (Å²) in [6.07, 6.45) is 9.24. The van der Waals surface area contributed by atoms with E-state index in [0.717, 1.165) is 0 Å². The Labute approximate surface area is 308 Å². The zero-order valence-corrected chi connectivity index (χ0v) is 35.6. The van der Waals surface area contributed by atoms with Crippen molar-refractivity contribution >= 4 is 29.2 Å². The predicted molar refractivity (Wildman–Crippen MR) is 214 cm³/mol. The van der Waals surface area contributed by atoms with Crippen molar-refractivity contribution in [2.45, 2.75) is 112 Å². The van der Waals surface area contributed by atoms with Crippen molar-refractivity contribution in [2.24, 2.45) is 0 Å². The molecule has 0 spiro atoms. The second-order valence-electron chi connectivity index (χ2n) is 18.6. The van der Waals surface area contributed by atoms with Crippen LogP contribution in [0.15, 0.2) is 84.9 Å². The molecular formula is C46H54Cl2Zr. The Morgan fingerprint density at radius 1 is 0.449 bits per heavy atom. The average Bonchev–Trinajstić information content (AvgIpc) is 3.64. The summed E-state index contributed by atoms with van der Waals surface area (Å²) in [5.74, 6) is 0. The molecule has 0 aromatic heterocycles. The summed E-state index contributed by atoms with van der Waals surface area (Å²) >= 11 is -3.96. The minimum absolute atomic E-state index is 0.0493. The molecule has 4 aromatic rings. The van der Waals surface area contributed by atoms with Crippen LogP contribution in [0.1, 0.15) is 135 Å². The maximum absolute atomic E-state index is 7.81. The molecule has 2 aliphatic carbocycles. The number of fused-ring (bicyclic) bond motifs is 2. The molecule has 0 bridgehead atoms. The first-order valence-corrected chi connectivity index (χ1v) is 27.1. The van der Waals surface area contributed by atoms with E-state index >= 15 is 0 Å². The monoisotopic (exact) mass is 766 g/mol. The third-order valence-corrected chi connectivity index (χ3v) is 22.8. The average molecular weight is 769 g/mol. The standard InChI is InChI=1S/2C23H27.2ClH.Zr/c2*1-22(2,3)18-13-17(14-19(15-18)23(4,5)6)21-12-8-10-16-9-7-11-20(16)21;;;/h2*7-15H,1-6H3;2*1H;/q;;;;+2/p-2. The van der Waals surface area contributed by atoms with Gasteiger partial charge in [0.15, 0.2) is 0 Å². The summed E-state index contributed by atoms with van der Waals surface area (Å²) in [6, 6.07) is 27.8. The number of benzene rings is 4. The van der Waals surface area contributed by atoms with Crippen molar-refractivity contribution in [1.82, 2.24) is 0 Å². The molecule has 4 aromatic carbocycles. The van der Waals surface area contributed by atoms with Gasteiger partial charge in [-0.1, -0.05) is 0 Å². The quantitative estimate of drug-likeness (QED) is 0.194. The van der Waals surface area contributed by atoms with Gasteiger partial charge in [-0.25, -0.2) is 0 Å². The van der Waals surface area contributed by atoms with Crippen LogP contribution in [0.3, 0.4) is 0 Å². The summed E-state index contributed by atoms with van der Waals surface area (Å²) in [5.41, 5.74) is 15.8. The molecule has 0 radical (unpaired) electrons. The second-order valence-corrected chi connectivity index (χ2v) is 33.5. The summed E-state index contributed by atoms with van der Waals surface area (Å²) in [5, 5.41) is 0. The van der Waals surface area contributed by atoms with Crippen molar-refractivity contribution in [3.63, 3.8) is 0 Å². The van der Waals surface area contributed by atoms with Gasteiger partial charge in [0, 0.05) is 0 Å². The molecular weight excluding hydrogens is 715 g/mol. The third kappa shape index (κ3) is 7.04. The van der Waals surface area contributed by atoms with E-state index in [0.29, 0.717) is 0 Å². The van der Waals surface area contributed by atoms with Gasteiger partial charge >= 0.3 is 311 Å². The molecule has 0 nitrogen and oxygen atoms in total. The molecule has 0 heterocycles. The van der Waals surface area contributed by atoms with Gasteiger partial charge in [0.2, 0.25) is 0 Å². The topological polar surface area (TPSA) is 0 Å². The molecule has 49 heavy (non-hydrogen) atoms. The SMILES string of the molecule is CC(C)(C)c1cc(-c2cccc3c2C=C[CH]3[Zr]([Cl])([Cl])[CH]2C=Cc3c(-c4cc(C(C)(C)C)cc(C(C)(C)C)c4)cccc32)cc(C(C)(C)C)c1. The van der Waals surface area contributed by atoms with Gasteiger partial charge < -0.3 is 0 Å². The molecule has 0 aliphatic heterocycles. The van der Waals surface area contributed by atoms with E-state index in [4.69, 9.17) is 17.0 Å². The first kappa shape index (κ1) is 36.6. The molecule has 3 heteroatoms. The fourth-order valence-electron chi connectivity index (χ4n) is 7.34. The Hall–Kier alpha value is -2.18. The predicted octanol–water partition coefficient (Wildman–Crippen LogP) is 14.5. The summed E-state index contributed by atoms with van der Waals surface area (Å²) in [6.45, 7) is 27.6. The molecule has 0 amide bonds. The van der Waals surface area contributed by atoms with Crippen molar-refractivity contribution in [3.05, 3.63) is 129 Å². The summed E-state index contributed by atoms with van der Waals surface area (Å²) < 4.78 is 0.114. The zero-order chi connectivity index (χ0) is 35.9. The van der Waals surface area contributed by atoms with Crippen LogP contribution in [0.4, 0.5) is 0 Å². The Morgan fingerprint density at radius 3 is 1.04 bits per heavy atom. The van der Waals surface area contributed by atoms with Crippen molar-refractivity contribution in [3.8, 4) is 22.3 Å². The number of rotatable bonds is 4. The van der Waals surface area contributed by atoms with Gasteiger partial charge in [0.1, 0.15) is 0 Å². The van der Waals surface area contributed by atoms with E-state index < -0.39 is 17.9 Å². The molecule has 0 saturated carbocycles. The van der Waals surface area contributed by atoms with Crippen LogP contribution in [0.2, 0.25) is 0 Å². The first-order valence-electron chi connectivity index (χ1n) is 17.9. The fourth-order valence-corrected chi connectivity index (χ4v) is 17.8. The Balaban J connectivity index is 1.41. The van der Waals surface area contributed by atoms with Gasteiger partial charge in [-0.2, -0.15) is 0 Å². The molecule has 0 fully saturated rings. The number of halogens is 2. The van der Waals surface area contributed by atoms with Crippen LogP contribution in [0.25, 0.3) is 34.4 Å². The molecule has 2 aliphatic rings. The summed E-state index contributed by atoms with van der Waals surface area (Å²) in [4.78, 5) is 0. The molecule has 0 saturated heterocycles. The van der Waals surface area contributed by atoms with Crippen molar-refractivity contribution < 1.29 is 17.9 Å². The zero-order valence-electron chi connectivity index (χ0n) is 31.6. The van der Waals surface area contributed by atoms with E-state index in [1.165, 1.54) is 66.8 Å². The number of hydrogen-bond donors (Lipinski definition) is 0. The van der Waals surface area contributed by atoms with Gasteiger partial charge in [0.05, 0.1) is 0 Å².